The predicted molar refractivity (Wildman–Crippen MR) is 132 cm³/mol. The highest BCUT2D eigenvalue weighted by atomic mass is 31.2. The van der Waals surface area contributed by atoms with Gasteiger partial charge in [-0.05, 0) is 45.9 Å². The molecular formula is C26H39O6P. The van der Waals surface area contributed by atoms with Crippen LogP contribution in [0.25, 0.3) is 0 Å². The normalized spacial score (nSPS) is 12.3. The van der Waals surface area contributed by atoms with E-state index >= 15 is 0 Å². The van der Waals surface area contributed by atoms with E-state index in [1.807, 2.05) is 36.4 Å². The molecule has 0 aliphatic heterocycles. The number of hydrogen-bond acceptors (Lipinski definition) is 5. The van der Waals surface area contributed by atoms with Gasteiger partial charge in [-0.3, -0.25) is 0 Å². The lowest BCUT2D eigenvalue weighted by Crippen LogP contribution is -2.11. The molecule has 0 heterocycles. The molecule has 6 nitrogen and oxygen atoms in total. The summed E-state index contributed by atoms with van der Waals surface area (Å²) in [5, 5.41) is 0. The molecule has 1 N–H and O–H groups in total. The molecule has 0 unspecified atom stereocenters. The van der Waals surface area contributed by atoms with Gasteiger partial charge >= 0.3 is 7.82 Å². The average molecular weight is 479 g/mol. The van der Waals surface area contributed by atoms with Crippen LogP contribution in [0.1, 0.15) is 101 Å². The highest BCUT2D eigenvalue weighted by Gasteiger charge is 2.24. The fourth-order valence-corrected chi connectivity index (χ4v) is 4.09. The van der Waals surface area contributed by atoms with Crippen LogP contribution < -0.4 is 9.47 Å². The van der Waals surface area contributed by atoms with Crippen molar-refractivity contribution >= 4 is 7.82 Å². The van der Waals surface area contributed by atoms with Crippen LogP contribution in [0.15, 0.2) is 36.4 Å². The zero-order chi connectivity index (χ0) is 24.8. The number of ether oxygens (including phenoxy) is 2. The lowest BCUT2D eigenvalue weighted by atomic mass is 9.94. The van der Waals surface area contributed by atoms with Gasteiger partial charge in [-0.25, -0.2) is 13.6 Å². The van der Waals surface area contributed by atoms with Gasteiger partial charge in [0, 0.05) is 0 Å². The van der Waals surface area contributed by atoms with Crippen LogP contribution in [-0.2, 0) is 13.6 Å². The number of phosphoric ester groups is 1. The van der Waals surface area contributed by atoms with Crippen LogP contribution in [0.4, 0.5) is 0 Å². The molecule has 0 aromatic heterocycles. The van der Waals surface area contributed by atoms with Crippen LogP contribution in [0.5, 0.6) is 11.5 Å². The molecule has 0 aliphatic carbocycles. The highest BCUT2D eigenvalue weighted by Crippen LogP contribution is 2.44. The van der Waals surface area contributed by atoms with Gasteiger partial charge in [-0.15, -0.1) is 0 Å². The quantitative estimate of drug-likeness (QED) is 0.249. The molecule has 0 spiro atoms. The third kappa shape index (κ3) is 7.58. The van der Waals surface area contributed by atoms with Crippen molar-refractivity contribution in [3.05, 3.63) is 58.7 Å². The molecule has 184 valence electrons. The molecule has 0 aliphatic rings. The molecule has 7 heteroatoms. The zero-order valence-corrected chi connectivity index (χ0v) is 22.0. The summed E-state index contributed by atoms with van der Waals surface area (Å²) in [4.78, 5) is 10.1. The average Bonchev–Trinajstić information content (AvgIpc) is 2.72. The Balaban J connectivity index is 2.03. The van der Waals surface area contributed by atoms with E-state index in [-0.39, 0.29) is 23.7 Å². The van der Waals surface area contributed by atoms with Gasteiger partial charge in [-0.2, -0.15) is 0 Å². The molecule has 0 bridgehead atoms. The first-order chi connectivity index (χ1) is 15.4. The van der Waals surface area contributed by atoms with E-state index < -0.39 is 21.4 Å². The largest absolute Gasteiger partial charge is 0.478 e. The van der Waals surface area contributed by atoms with Crippen molar-refractivity contribution in [1.82, 2.24) is 0 Å². The minimum absolute atomic E-state index is 0.237. The summed E-state index contributed by atoms with van der Waals surface area (Å²) in [6.45, 7) is 15.8. The molecule has 0 fully saturated rings. The van der Waals surface area contributed by atoms with E-state index in [9.17, 15) is 9.46 Å². The van der Waals surface area contributed by atoms with Crippen LogP contribution >= 0.6 is 7.82 Å². The summed E-state index contributed by atoms with van der Waals surface area (Å²) in [6.07, 6.45) is 0. The molecule has 0 amide bonds. The summed E-state index contributed by atoms with van der Waals surface area (Å²) in [5.74, 6) is 2.32. The number of para-hydroxylation sites is 2. The number of hydrogen-bond donors (Lipinski definition) is 1. The summed E-state index contributed by atoms with van der Waals surface area (Å²) >= 11 is 0. The Morgan fingerprint density at radius 2 is 0.909 bits per heavy atom. The first-order valence-electron chi connectivity index (χ1n) is 11.6. The Kier molecular flexibility index (Phi) is 9.99. The molecule has 33 heavy (non-hydrogen) atoms. The van der Waals surface area contributed by atoms with Crippen LogP contribution in [0.2, 0.25) is 0 Å². The second-order valence-electron chi connectivity index (χ2n) is 9.40. The summed E-state index contributed by atoms with van der Waals surface area (Å²) in [5.41, 5.74) is 4.09. The van der Waals surface area contributed by atoms with E-state index in [1.165, 1.54) is 0 Å². The van der Waals surface area contributed by atoms with Gasteiger partial charge in [0.15, 0.2) is 13.6 Å². The molecule has 2 aromatic rings. The van der Waals surface area contributed by atoms with Crippen molar-refractivity contribution < 1.29 is 28.0 Å². The Morgan fingerprint density at radius 1 is 0.636 bits per heavy atom. The Hall–Kier alpha value is -1.85. The number of phosphoric acid groups is 1. The van der Waals surface area contributed by atoms with Crippen molar-refractivity contribution in [2.45, 2.75) is 79.1 Å². The van der Waals surface area contributed by atoms with Crippen molar-refractivity contribution in [3.8, 4) is 11.5 Å². The maximum absolute atomic E-state index is 12.4. The third-order valence-corrected chi connectivity index (χ3v) is 6.34. The molecule has 0 atom stereocenters. The first-order valence-corrected chi connectivity index (χ1v) is 13.1. The zero-order valence-electron chi connectivity index (χ0n) is 21.1. The maximum Gasteiger partial charge on any atom is 0.478 e. The minimum Gasteiger partial charge on any atom is -0.466 e. The Bertz CT molecular complexity index is 826. The first kappa shape index (κ1) is 27.4. The summed E-state index contributed by atoms with van der Waals surface area (Å²) in [6, 6.07) is 12.0. The Morgan fingerprint density at radius 3 is 1.15 bits per heavy atom. The van der Waals surface area contributed by atoms with E-state index in [0.29, 0.717) is 11.5 Å². The fraction of sp³-hybridized carbons (Fsp3) is 0.538. The molecular weight excluding hydrogens is 439 g/mol. The van der Waals surface area contributed by atoms with Gasteiger partial charge in [0.05, 0.1) is 0 Å². The van der Waals surface area contributed by atoms with Gasteiger partial charge in [0.25, 0.3) is 0 Å². The molecule has 0 saturated carbocycles. The lowest BCUT2D eigenvalue weighted by molar-refractivity contribution is 0.0313. The van der Waals surface area contributed by atoms with Crippen LogP contribution in [0, 0.1) is 0 Å². The van der Waals surface area contributed by atoms with Gasteiger partial charge in [0.1, 0.15) is 11.5 Å². The molecule has 0 saturated heterocycles. The van der Waals surface area contributed by atoms with Gasteiger partial charge in [-0.1, -0.05) is 91.8 Å². The SMILES string of the molecule is CC(C)c1cccc(C(C)C)c1OCOP(=O)(O)OCOc1c(C(C)C)cccc1C(C)C. The third-order valence-electron chi connectivity index (χ3n) is 5.48. The van der Waals surface area contributed by atoms with Crippen molar-refractivity contribution in [2.24, 2.45) is 0 Å². The van der Waals surface area contributed by atoms with Gasteiger partial charge < -0.3 is 14.4 Å². The second kappa shape index (κ2) is 12.0. The summed E-state index contributed by atoms with van der Waals surface area (Å²) in [7, 11) is -4.37. The van der Waals surface area contributed by atoms with Crippen LogP contribution in [-0.4, -0.2) is 18.5 Å². The van der Waals surface area contributed by atoms with Crippen molar-refractivity contribution in [3.63, 3.8) is 0 Å². The van der Waals surface area contributed by atoms with E-state index in [2.05, 4.69) is 55.4 Å². The van der Waals surface area contributed by atoms with Gasteiger partial charge in [0.2, 0.25) is 0 Å². The minimum atomic E-state index is -4.37. The van der Waals surface area contributed by atoms with E-state index in [1.54, 1.807) is 0 Å². The number of rotatable bonds is 12. The van der Waals surface area contributed by atoms with Crippen molar-refractivity contribution in [1.29, 1.82) is 0 Å². The molecule has 2 aromatic carbocycles. The fourth-order valence-electron chi connectivity index (χ4n) is 3.64. The smallest absolute Gasteiger partial charge is 0.466 e. The van der Waals surface area contributed by atoms with Crippen LogP contribution in [0.3, 0.4) is 0 Å². The topological polar surface area (TPSA) is 74.2 Å². The molecule has 2 rings (SSSR count). The second-order valence-corrected chi connectivity index (χ2v) is 10.9. The monoisotopic (exact) mass is 478 g/mol. The number of benzene rings is 2. The van der Waals surface area contributed by atoms with Crippen molar-refractivity contribution in [2.75, 3.05) is 13.6 Å². The lowest BCUT2D eigenvalue weighted by Gasteiger charge is -2.21. The maximum atomic E-state index is 12.4. The predicted octanol–water partition coefficient (Wildman–Crippen LogP) is 7.69. The highest BCUT2D eigenvalue weighted by molar-refractivity contribution is 7.47. The Labute approximate surface area is 198 Å². The summed E-state index contributed by atoms with van der Waals surface area (Å²) < 4.78 is 34.2. The standard InChI is InChI=1S/C26H39O6P/c1-17(2)21-11-9-12-22(18(3)4)25(21)29-15-31-33(27,28)32-16-30-26-23(19(5)6)13-10-14-24(26)20(7)8/h9-14,17-20H,15-16H2,1-8H3,(H,27,28). The van der Waals surface area contributed by atoms with E-state index in [4.69, 9.17) is 18.5 Å². The molecule has 0 radical (unpaired) electrons. The van der Waals surface area contributed by atoms with E-state index in [0.717, 1.165) is 22.3 Å².